The summed E-state index contributed by atoms with van der Waals surface area (Å²) in [5, 5.41) is 3.05. The van der Waals surface area contributed by atoms with Gasteiger partial charge in [0, 0.05) is 25.1 Å². The summed E-state index contributed by atoms with van der Waals surface area (Å²) in [5.41, 5.74) is 0. The molecule has 1 N–H and O–H groups in total. The van der Waals surface area contributed by atoms with Crippen LogP contribution in [0.2, 0.25) is 0 Å². The van der Waals surface area contributed by atoms with Gasteiger partial charge in [-0.1, -0.05) is 0 Å². The first kappa shape index (κ1) is 18.2. The highest BCUT2D eigenvalue weighted by Crippen LogP contribution is 2.03. The lowest BCUT2D eigenvalue weighted by Gasteiger charge is -2.13. The Hall–Kier alpha value is 0.250. The third-order valence-corrected chi connectivity index (χ3v) is 2.74. The molecule has 0 rings (SSSR count). The Labute approximate surface area is 121 Å². The standard InChI is InChI=1S/C12H25NO3S2/c1-9(12(14)10(2)17)16-7-4-6-15-8-5-13-11(3)18/h9-11,13,17-18H,4-8H2,1-3H3/t9-,10?,11?/m0/s1. The molecule has 0 radical (unpaired) electrons. The van der Waals surface area contributed by atoms with E-state index in [9.17, 15) is 4.79 Å². The van der Waals surface area contributed by atoms with Crippen LogP contribution in [0.1, 0.15) is 27.2 Å². The molecule has 0 aliphatic carbocycles. The second kappa shape index (κ2) is 11.1. The average Bonchev–Trinajstić information content (AvgIpc) is 2.30. The average molecular weight is 295 g/mol. The van der Waals surface area contributed by atoms with Gasteiger partial charge in [0.1, 0.15) is 6.10 Å². The zero-order chi connectivity index (χ0) is 14.0. The van der Waals surface area contributed by atoms with Crippen LogP contribution in [0.4, 0.5) is 0 Å². The highest BCUT2D eigenvalue weighted by atomic mass is 32.1. The first-order valence-electron chi connectivity index (χ1n) is 6.27. The molecule has 3 atom stereocenters. The first-order valence-corrected chi connectivity index (χ1v) is 7.31. The minimum absolute atomic E-state index is 0.0196. The quantitative estimate of drug-likeness (QED) is 0.307. The lowest BCUT2D eigenvalue weighted by molar-refractivity contribution is -0.128. The van der Waals surface area contributed by atoms with Gasteiger partial charge in [-0.05, 0) is 27.2 Å². The maximum absolute atomic E-state index is 11.5. The number of ether oxygens (including phenoxy) is 2. The molecule has 0 bridgehead atoms. The van der Waals surface area contributed by atoms with Crippen molar-refractivity contribution >= 4 is 31.0 Å². The normalized spacial score (nSPS) is 16.3. The van der Waals surface area contributed by atoms with E-state index in [-0.39, 0.29) is 22.5 Å². The van der Waals surface area contributed by atoms with Crippen LogP contribution in [0.3, 0.4) is 0 Å². The summed E-state index contributed by atoms with van der Waals surface area (Å²) in [6, 6.07) is 0. The fourth-order valence-electron chi connectivity index (χ4n) is 1.28. The van der Waals surface area contributed by atoms with E-state index in [4.69, 9.17) is 9.47 Å². The van der Waals surface area contributed by atoms with E-state index in [1.165, 1.54) is 0 Å². The molecule has 0 amide bonds. The van der Waals surface area contributed by atoms with Gasteiger partial charge in [0.25, 0.3) is 0 Å². The fourth-order valence-corrected chi connectivity index (χ4v) is 1.62. The molecule has 0 saturated heterocycles. The van der Waals surface area contributed by atoms with Crippen LogP contribution in [0.15, 0.2) is 0 Å². The molecule has 0 aliphatic heterocycles. The molecule has 6 heteroatoms. The fraction of sp³-hybridized carbons (Fsp3) is 0.917. The molecule has 4 nitrogen and oxygen atoms in total. The summed E-state index contributed by atoms with van der Waals surface area (Å²) in [6.45, 7) is 8.10. The van der Waals surface area contributed by atoms with Crippen molar-refractivity contribution in [3.63, 3.8) is 0 Å². The van der Waals surface area contributed by atoms with E-state index < -0.39 is 0 Å². The van der Waals surface area contributed by atoms with E-state index in [0.717, 1.165) is 13.0 Å². The number of nitrogens with one attached hydrogen (secondary N) is 1. The van der Waals surface area contributed by atoms with Crippen LogP contribution < -0.4 is 5.32 Å². The van der Waals surface area contributed by atoms with Crippen molar-refractivity contribution in [1.29, 1.82) is 0 Å². The van der Waals surface area contributed by atoms with Gasteiger partial charge in [-0.2, -0.15) is 25.3 Å². The SMILES string of the molecule is CC(S)NCCOCCCO[C@@H](C)C(=O)C(C)S. The molecule has 0 aromatic rings. The largest absolute Gasteiger partial charge is 0.380 e. The highest BCUT2D eigenvalue weighted by molar-refractivity contribution is 7.81. The summed E-state index contributed by atoms with van der Waals surface area (Å²) in [4.78, 5) is 11.5. The molecule has 0 aromatic carbocycles. The number of carbonyl (C=O) groups is 1. The van der Waals surface area contributed by atoms with Gasteiger partial charge in [-0.25, -0.2) is 0 Å². The Morgan fingerprint density at radius 3 is 2.39 bits per heavy atom. The van der Waals surface area contributed by atoms with Gasteiger partial charge in [0.05, 0.1) is 11.9 Å². The molecule has 0 fully saturated rings. The van der Waals surface area contributed by atoms with Gasteiger partial charge in [0.15, 0.2) is 5.78 Å². The maximum atomic E-state index is 11.5. The summed E-state index contributed by atoms with van der Waals surface area (Å²) in [5.74, 6) is 0.0196. The van der Waals surface area contributed by atoms with Gasteiger partial charge >= 0.3 is 0 Å². The Balaban J connectivity index is 3.33. The van der Waals surface area contributed by atoms with Crippen LogP contribution in [0.25, 0.3) is 0 Å². The first-order chi connectivity index (χ1) is 8.45. The van der Waals surface area contributed by atoms with E-state index in [2.05, 4.69) is 30.6 Å². The van der Waals surface area contributed by atoms with Crippen molar-refractivity contribution in [3.05, 3.63) is 0 Å². The third-order valence-electron chi connectivity index (χ3n) is 2.30. The molecule has 0 saturated carbocycles. The number of ketones is 1. The number of hydrogen-bond donors (Lipinski definition) is 3. The lowest BCUT2D eigenvalue weighted by Crippen LogP contribution is -2.28. The van der Waals surface area contributed by atoms with Crippen molar-refractivity contribution < 1.29 is 14.3 Å². The summed E-state index contributed by atoms with van der Waals surface area (Å²) in [6.07, 6.45) is 0.402. The number of carbonyl (C=O) groups excluding carboxylic acids is 1. The van der Waals surface area contributed by atoms with Crippen LogP contribution in [0, 0.1) is 0 Å². The molecule has 0 aromatic heterocycles. The van der Waals surface area contributed by atoms with E-state index >= 15 is 0 Å². The smallest absolute Gasteiger partial charge is 0.173 e. The zero-order valence-corrected chi connectivity index (χ0v) is 13.2. The lowest BCUT2D eigenvalue weighted by atomic mass is 10.2. The second-order valence-electron chi connectivity index (χ2n) is 4.19. The van der Waals surface area contributed by atoms with Crippen molar-refractivity contribution in [2.45, 2.75) is 43.9 Å². The molecule has 0 aliphatic rings. The van der Waals surface area contributed by atoms with Crippen molar-refractivity contribution in [2.75, 3.05) is 26.4 Å². The Kier molecular flexibility index (Phi) is 11.3. The Bertz CT molecular complexity index is 225. The van der Waals surface area contributed by atoms with Gasteiger partial charge in [-0.15, -0.1) is 0 Å². The van der Waals surface area contributed by atoms with Crippen LogP contribution >= 0.6 is 25.3 Å². The summed E-state index contributed by atoms with van der Waals surface area (Å²) >= 11 is 8.27. The minimum atomic E-state index is -0.385. The molecule has 108 valence electrons. The minimum Gasteiger partial charge on any atom is -0.380 e. The monoisotopic (exact) mass is 295 g/mol. The topological polar surface area (TPSA) is 47.6 Å². The van der Waals surface area contributed by atoms with Crippen LogP contribution in [0.5, 0.6) is 0 Å². The molecule has 18 heavy (non-hydrogen) atoms. The predicted octanol–water partition coefficient (Wildman–Crippen LogP) is 1.55. The maximum Gasteiger partial charge on any atom is 0.173 e. The van der Waals surface area contributed by atoms with Gasteiger partial charge in [-0.3, -0.25) is 4.79 Å². The highest BCUT2D eigenvalue weighted by Gasteiger charge is 2.16. The molecule has 0 heterocycles. The molecular weight excluding hydrogens is 270 g/mol. The Morgan fingerprint density at radius 2 is 1.83 bits per heavy atom. The van der Waals surface area contributed by atoms with Crippen molar-refractivity contribution in [1.82, 2.24) is 5.32 Å². The third kappa shape index (κ3) is 10.2. The second-order valence-corrected chi connectivity index (χ2v) is 5.74. The van der Waals surface area contributed by atoms with Gasteiger partial charge < -0.3 is 14.8 Å². The number of thiol groups is 2. The summed E-state index contributed by atoms with van der Waals surface area (Å²) < 4.78 is 10.8. The van der Waals surface area contributed by atoms with Crippen molar-refractivity contribution in [3.8, 4) is 0 Å². The predicted molar refractivity (Wildman–Crippen MR) is 80.8 cm³/mol. The molecule has 2 unspecified atom stereocenters. The van der Waals surface area contributed by atoms with E-state index in [0.29, 0.717) is 19.8 Å². The zero-order valence-electron chi connectivity index (χ0n) is 11.4. The van der Waals surface area contributed by atoms with Crippen LogP contribution in [-0.2, 0) is 14.3 Å². The number of hydrogen-bond acceptors (Lipinski definition) is 6. The molecular formula is C12H25NO3S2. The molecule has 0 spiro atoms. The van der Waals surface area contributed by atoms with E-state index in [1.54, 1.807) is 13.8 Å². The van der Waals surface area contributed by atoms with Crippen molar-refractivity contribution in [2.24, 2.45) is 0 Å². The van der Waals surface area contributed by atoms with Crippen LogP contribution in [-0.4, -0.2) is 48.9 Å². The Morgan fingerprint density at radius 1 is 1.17 bits per heavy atom. The van der Waals surface area contributed by atoms with E-state index in [1.807, 2.05) is 6.92 Å². The number of Topliss-reactive ketones (excluding diaryl/α,β-unsaturated/α-hetero) is 1. The summed E-state index contributed by atoms with van der Waals surface area (Å²) in [7, 11) is 0. The van der Waals surface area contributed by atoms with Gasteiger partial charge in [0.2, 0.25) is 0 Å². The number of rotatable bonds is 11.